The van der Waals surface area contributed by atoms with Crippen molar-refractivity contribution in [3.63, 3.8) is 0 Å². The maximum Gasteiger partial charge on any atom is 0.416 e. The zero-order chi connectivity index (χ0) is 22.0. The summed E-state index contributed by atoms with van der Waals surface area (Å²) in [6.07, 6.45) is -2.23. The average molecular weight is 447 g/mol. The lowest BCUT2D eigenvalue weighted by Crippen LogP contribution is -2.32. The number of carbonyl (C=O) groups is 1. The highest BCUT2D eigenvalue weighted by atomic mass is 32.2. The second-order valence-electron chi connectivity index (χ2n) is 6.80. The van der Waals surface area contributed by atoms with Gasteiger partial charge in [-0.25, -0.2) is 15.0 Å². The Morgan fingerprint density at radius 3 is 2.74 bits per heavy atom. The molecule has 0 atom stereocenters. The van der Waals surface area contributed by atoms with Gasteiger partial charge in [0.1, 0.15) is 11.5 Å². The van der Waals surface area contributed by atoms with E-state index in [9.17, 15) is 18.0 Å². The first-order chi connectivity index (χ1) is 14.8. The van der Waals surface area contributed by atoms with Crippen LogP contribution < -0.4 is 10.2 Å². The number of fused-ring (bicyclic) bond motifs is 1. The van der Waals surface area contributed by atoms with Gasteiger partial charge in [0.2, 0.25) is 5.16 Å². The van der Waals surface area contributed by atoms with Crippen LogP contribution in [0.2, 0.25) is 0 Å². The molecule has 160 valence electrons. The van der Waals surface area contributed by atoms with Crippen LogP contribution in [-0.4, -0.2) is 32.0 Å². The van der Waals surface area contributed by atoms with E-state index in [-0.39, 0.29) is 11.4 Å². The van der Waals surface area contributed by atoms with Gasteiger partial charge in [0.15, 0.2) is 0 Å². The van der Waals surface area contributed by atoms with E-state index in [0.29, 0.717) is 42.5 Å². The maximum absolute atomic E-state index is 12.9. The Hall–Kier alpha value is -3.18. The zero-order valence-corrected chi connectivity index (χ0v) is 16.7. The molecule has 2 N–H and O–H groups in total. The summed E-state index contributed by atoms with van der Waals surface area (Å²) in [6, 6.07) is 9.36. The third kappa shape index (κ3) is 4.78. The van der Waals surface area contributed by atoms with Crippen LogP contribution in [0.5, 0.6) is 0 Å². The number of hydrogen-bond donors (Lipinski definition) is 2. The summed E-state index contributed by atoms with van der Waals surface area (Å²) in [7, 11) is 0. The van der Waals surface area contributed by atoms with Crippen LogP contribution in [-0.2, 0) is 19.1 Å². The van der Waals surface area contributed by atoms with E-state index >= 15 is 0 Å². The molecular formula is C20H16F3N5O2S. The minimum absolute atomic E-state index is 0.0358. The highest BCUT2D eigenvalue weighted by Gasteiger charge is 2.30. The first-order valence-electron chi connectivity index (χ1n) is 9.20. The van der Waals surface area contributed by atoms with Crippen LogP contribution in [0.4, 0.5) is 24.7 Å². The molecule has 0 radical (unpaired) electrons. The zero-order valence-electron chi connectivity index (χ0n) is 15.9. The van der Waals surface area contributed by atoms with Gasteiger partial charge in [-0.2, -0.15) is 13.2 Å². The van der Waals surface area contributed by atoms with Crippen LogP contribution in [0.25, 0.3) is 0 Å². The molecule has 4 rings (SSSR count). The monoisotopic (exact) mass is 447 g/mol. The predicted molar refractivity (Wildman–Crippen MR) is 109 cm³/mol. The smallest absolute Gasteiger partial charge is 0.352 e. The van der Waals surface area contributed by atoms with Crippen molar-refractivity contribution in [3.05, 3.63) is 71.2 Å². The average Bonchev–Trinajstić information content (AvgIpc) is 2.78. The van der Waals surface area contributed by atoms with Crippen molar-refractivity contribution in [2.45, 2.75) is 24.3 Å². The van der Waals surface area contributed by atoms with Crippen molar-refractivity contribution in [3.8, 4) is 0 Å². The molecule has 31 heavy (non-hydrogen) atoms. The Bertz CT molecular complexity index is 1130. The highest BCUT2D eigenvalue weighted by Crippen LogP contribution is 2.31. The number of benzene rings is 1. The van der Waals surface area contributed by atoms with E-state index in [4.69, 9.17) is 4.55 Å². The number of rotatable bonds is 4. The topological polar surface area (TPSA) is 91.2 Å². The molecule has 2 aromatic heterocycles. The Balaban J connectivity index is 1.50. The fourth-order valence-corrected chi connectivity index (χ4v) is 3.48. The molecule has 1 amide bonds. The van der Waals surface area contributed by atoms with E-state index in [0.717, 1.165) is 23.4 Å². The number of carbonyl (C=O) groups excluding carboxylic acids is 1. The number of nitrogens with one attached hydrogen (secondary N) is 1. The van der Waals surface area contributed by atoms with Gasteiger partial charge in [0.05, 0.1) is 23.3 Å². The number of aromatic nitrogens is 3. The fourth-order valence-electron chi connectivity index (χ4n) is 3.23. The van der Waals surface area contributed by atoms with Crippen molar-refractivity contribution in [1.82, 2.24) is 15.0 Å². The Kier molecular flexibility index (Phi) is 5.79. The molecule has 0 saturated carbocycles. The molecule has 1 aliphatic rings. The second-order valence-corrected chi connectivity index (χ2v) is 7.35. The van der Waals surface area contributed by atoms with Crippen LogP contribution >= 0.6 is 12.0 Å². The summed E-state index contributed by atoms with van der Waals surface area (Å²) in [4.78, 5) is 27.2. The molecule has 3 heterocycles. The van der Waals surface area contributed by atoms with Crippen molar-refractivity contribution in [1.29, 1.82) is 0 Å². The molecule has 1 aliphatic heterocycles. The van der Waals surface area contributed by atoms with Gasteiger partial charge in [0.25, 0.3) is 5.91 Å². The van der Waals surface area contributed by atoms with Gasteiger partial charge in [0, 0.05) is 37.0 Å². The minimum atomic E-state index is -4.50. The van der Waals surface area contributed by atoms with Crippen LogP contribution in [0.15, 0.2) is 53.8 Å². The van der Waals surface area contributed by atoms with Crippen molar-refractivity contribution in [2.75, 3.05) is 16.8 Å². The Morgan fingerprint density at radius 1 is 1.16 bits per heavy atom. The van der Waals surface area contributed by atoms with Gasteiger partial charge in [-0.05, 0) is 30.3 Å². The largest absolute Gasteiger partial charge is 0.416 e. The van der Waals surface area contributed by atoms with Crippen molar-refractivity contribution in [2.24, 2.45) is 0 Å². The molecule has 3 aromatic rings. The number of alkyl halides is 3. The minimum Gasteiger partial charge on any atom is -0.352 e. The van der Waals surface area contributed by atoms with Gasteiger partial charge < -0.3 is 14.8 Å². The molecule has 0 aliphatic carbocycles. The molecular weight excluding hydrogens is 431 g/mol. The number of hydrogen-bond acceptors (Lipinski definition) is 7. The van der Waals surface area contributed by atoms with Gasteiger partial charge in [-0.15, -0.1) is 0 Å². The van der Waals surface area contributed by atoms with Gasteiger partial charge in [-0.1, -0.05) is 12.1 Å². The van der Waals surface area contributed by atoms with Crippen molar-refractivity contribution >= 4 is 29.5 Å². The normalized spacial score (nSPS) is 13.6. The third-order valence-electron chi connectivity index (χ3n) is 4.73. The second kappa shape index (κ2) is 8.52. The quantitative estimate of drug-likeness (QED) is 0.456. The van der Waals surface area contributed by atoms with E-state index in [2.05, 4.69) is 20.3 Å². The number of pyridine rings is 1. The van der Waals surface area contributed by atoms with Crippen LogP contribution in [0, 0.1) is 0 Å². The standard InChI is InChI=1S/C20H16F3N5O2S/c21-20(22,23)13-3-1-4-14(9-13)25-18(29)16-5-2-6-17(26-16)28-8-7-15-12(11-28)10-24-19(27-15)31-30/h1-6,9-10,30H,7-8,11H2,(H,25,29). The highest BCUT2D eigenvalue weighted by molar-refractivity contribution is 7.93. The summed E-state index contributed by atoms with van der Waals surface area (Å²) in [5.41, 5.74) is 1.02. The maximum atomic E-state index is 12.9. The predicted octanol–water partition coefficient (Wildman–Crippen LogP) is 4.27. The lowest BCUT2D eigenvalue weighted by molar-refractivity contribution is -0.137. The van der Waals surface area contributed by atoms with E-state index in [1.54, 1.807) is 18.3 Å². The first-order valence-corrected chi connectivity index (χ1v) is 9.97. The molecule has 0 saturated heterocycles. The lowest BCUT2D eigenvalue weighted by Gasteiger charge is -2.29. The van der Waals surface area contributed by atoms with E-state index < -0.39 is 17.6 Å². The summed E-state index contributed by atoms with van der Waals surface area (Å²) >= 11 is 0.492. The molecule has 0 bridgehead atoms. The molecule has 7 nitrogen and oxygen atoms in total. The molecule has 0 unspecified atom stereocenters. The Morgan fingerprint density at radius 2 is 1.97 bits per heavy atom. The molecule has 11 heteroatoms. The number of halogens is 3. The van der Waals surface area contributed by atoms with Gasteiger partial charge in [-0.3, -0.25) is 4.79 Å². The SMILES string of the molecule is O=C(Nc1cccc(C(F)(F)F)c1)c1cccc(N2CCc3nc(SO)ncc3C2)n1. The first kappa shape index (κ1) is 21.1. The molecule has 1 aromatic carbocycles. The number of anilines is 2. The molecule has 0 spiro atoms. The fraction of sp³-hybridized carbons (Fsp3) is 0.200. The van der Waals surface area contributed by atoms with E-state index in [1.807, 2.05) is 4.90 Å². The number of nitrogens with zero attached hydrogens (tertiary/aromatic N) is 4. The summed E-state index contributed by atoms with van der Waals surface area (Å²) in [5.74, 6) is -0.0468. The van der Waals surface area contributed by atoms with Crippen LogP contribution in [0.3, 0.4) is 0 Å². The van der Waals surface area contributed by atoms with Crippen molar-refractivity contribution < 1.29 is 22.5 Å². The van der Waals surface area contributed by atoms with E-state index in [1.165, 1.54) is 18.2 Å². The Labute approximate surface area is 179 Å². The lowest BCUT2D eigenvalue weighted by atomic mass is 10.1. The summed E-state index contributed by atoms with van der Waals surface area (Å²) < 4.78 is 47.7. The van der Waals surface area contributed by atoms with Crippen LogP contribution in [0.1, 0.15) is 27.3 Å². The molecule has 0 fully saturated rings. The summed E-state index contributed by atoms with van der Waals surface area (Å²) in [6.45, 7) is 1.09. The number of amides is 1. The van der Waals surface area contributed by atoms with Gasteiger partial charge >= 0.3 is 6.18 Å². The third-order valence-corrected chi connectivity index (χ3v) is 5.09. The summed E-state index contributed by atoms with van der Waals surface area (Å²) in [5, 5.41) is 2.75.